The predicted octanol–water partition coefficient (Wildman–Crippen LogP) is 4.37. The van der Waals surface area contributed by atoms with Gasteiger partial charge in [-0.15, -0.1) is 0 Å². The van der Waals surface area contributed by atoms with Crippen molar-refractivity contribution in [3.63, 3.8) is 0 Å². The molecule has 1 aromatic carbocycles. The monoisotopic (exact) mass is 463 g/mol. The van der Waals surface area contributed by atoms with Crippen LogP contribution in [0.4, 0.5) is 13.2 Å². The molecule has 0 N–H and O–H groups in total. The summed E-state index contributed by atoms with van der Waals surface area (Å²) in [5, 5.41) is 4.28. The molecule has 0 spiro atoms. The maximum absolute atomic E-state index is 13.5. The lowest BCUT2D eigenvalue weighted by Crippen LogP contribution is -2.36. The molecule has 1 saturated heterocycles. The number of benzene rings is 1. The molecule has 2 heterocycles. The zero-order valence-electron chi connectivity index (χ0n) is 16.6. The smallest absolute Gasteiger partial charge is 0.400 e. The first-order valence-corrected chi connectivity index (χ1v) is 10.4. The molecule has 2 aromatic rings. The molecule has 0 unspecified atom stereocenters. The fourth-order valence-electron chi connectivity index (χ4n) is 2.86. The zero-order chi connectivity index (χ0) is 22.1. The Bertz CT molecular complexity index is 995. The Kier molecular flexibility index (Phi) is 6.59. The molecule has 11 heteroatoms. The van der Waals surface area contributed by atoms with Gasteiger partial charge in [0.05, 0.1) is 25.3 Å². The van der Waals surface area contributed by atoms with Gasteiger partial charge < -0.3 is 9.47 Å². The minimum Gasteiger partial charge on any atom is -0.496 e. The van der Waals surface area contributed by atoms with Crippen molar-refractivity contribution >= 4 is 28.8 Å². The van der Waals surface area contributed by atoms with E-state index >= 15 is 0 Å². The Morgan fingerprint density at radius 1 is 1.43 bits per heavy atom. The van der Waals surface area contributed by atoms with E-state index in [1.807, 2.05) is 0 Å². The summed E-state index contributed by atoms with van der Waals surface area (Å²) in [7, 11) is 1.40. The number of methoxy groups -OCH3 is 1. The van der Waals surface area contributed by atoms with Crippen LogP contribution < -0.4 is 9.54 Å². The quantitative estimate of drug-likeness (QED) is 0.660. The van der Waals surface area contributed by atoms with E-state index in [0.29, 0.717) is 11.6 Å². The fourth-order valence-corrected chi connectivity index (χ4v) is 4.07. The van der Waals surface area contributed by atoms with Crippen molar-refractivity contribution < 1.29 is 27.4 Å². The summed E-state index contributed by atoms with van der Waals surface area (Å²) < 4.78 is 52.7. The normalized spacial score (nSPS) is 18.1. The zero-order valence-corrected chi connectivity index (χ0v) is 18.2. The summed E-state index contributed by atoms with van der Waals surface area (Å²) in [5.74, 6) is -0.422. The van der Waals surface area contributed by atoms with Crippen molar-refractivity contribution in [3.8, 4) is 5.75 Å². The van der Waals surface area contributed by atoms with Crippen molar-refractivity contribution in [3.05, 3.63) is 38.6 Å². The fraction of sp³-hybridized carbons (Fsp3) is 0.526. The first-order chi connectivity index (χ1) is 14.0. The topological polar surface area (TPSA) is 65.7 Å². The van der Waals surface area contributed by atoms with Crippen LogP contribution in [0.5, 0.6) is 5.75 Å². The second-order valence-corrected chi connectivity index (χ2v) is 8.78. The molecule has 3 rings (SSSR count). The van der Waals surface area contributed by atoms with Crippen molar-refractivity contribution in [1.82, 2.24) is 9.78 Å². The van der Waals surface area contributed by atoms with Gasteiger partial charge in [-0.25, -0.2) is 4.68 Å². The highest BCUT2D eigenvalue weighted by atomic mass is 35.5. The largest absolute Gasteiger partial charge is 0.496 e. The van der Waals surface area contributed by atoms with Gasteiger partial charge in [-0.05, 0) is 44.9 Å². The maximum atomic E-state index is 13.5. The number of carbonyl (C=O) groups excluding carboxylic acids is 1. The van der Waals surface area contributed by atoms with E-state index in [2.05, 4.69) is 10.1 Å². The first-order valence-electron chi connectivity index (χ1n) is 9.22. The third-order valence-electron chi connectivity index (χ3n) is 4.85. The number of halogens is 4. The molecule has 164 valence electrons. The molecule has 0 bridgehead atoms. The number of alkyl halides is 3. The van der Waals surface area contributed by atoms with Crippen LogP contribution in [-0.4, -0.2) is 41.7 Å². The average molecular weight is 464 g/mol. The highest BCUT2D eigenvalue weighted by Crippen LogP contribution is 2.40. The number of aromatic nitrogens is 2. The number of ether oxygens (including phenoxy) is 2. The third-order valence-corrected chi connectivity index (χ3v) is 6.36. The molecule has 0 aliphatic carbocycles. The van der Waals surface area contributed by atoms with E-state index in [1.54, 1.807) is 6.07 Å². The number of nitrogens with zero attached hydrogens (tertiary/aromatic N) is 3. The number of hydrogen-bond acceptors (Lipinski definition) is 5. The van der Waals surface area contributed by atoms with Crippen LogP contribution in [0.15, 0.2) is 23.2 Å². The highest BCUT2D eigenvalue weighted by Gasteiger charge is 2.51. The van der Waals surface area contributed by atoms with Crippen LogP contribution in [0.25, 0.3) is 0 Å². The summed E-state index contributed by atoms with van der Waals surface area (Å²) in [6, 6.07) is 4.49. The molecule has 6 nitrogen and oxygen atoms in total. The van der Waals surface area contributed by atoms with Gasteiger partial charge >= 0.3 is 6.18 Å². The average Bonchev–Trinajstić information content (AvgIpc) is 3.31. The minimum absolute atomic E-state index is 0.0600. The van der Waals surface area contributed by atoms with Crippen molar-refractivity contribution in [2.75, 3.05) is 13.7 Å². The first kappa shape index (κ1) is 22.8. The standard InChI is InChI=1S/C19H21ClF3N3O3S/c1-18(2,19(21,22)23)16-25-26(10-12-5-4-8-29-12)17(30-16)24-15(27)13-9-11(20)6-7-14(13)28-3/h6-7,9,12H,4-5,8,10H2,1-3H3/b24-17-/t12-/m1/s1. The molecule has 1 amide bonds. The van der Waals surface area contributed by atoms with Crippen LogP contribution in [0.3, 0.4) is 0 Å². The Morgan fingerprint density at radius 3 is 2.77 bits per heavy atom. The van der Waals surface area contributed by atoms with Gasteiger partial charge in [-0.1, -0.05) is 22.9 Å². The highest BCUT2D eigenvalue weighted by molar-refractivity contribution is 7.09. The van der Waals surface area contributed by atoms with Crippen molar-refractivity contribution in [2.24, 2.45) is 4.99 Å². The van der Waals surface area contributed by atoms with Gasteiger partial charge in [0.2, 0.25) is 4.80 Å². The molecule has 1 aromatic heterocycles. The minimum atomic E-state index is -4.51. The molecule has 1 aliphatic heterocycles. The van der Waals surface area contributed by atoms with E-state index in [-0.39, 0.29) is 33.8 Å². The second kappa shape index (κ2) is 8.68. The van der Waals surface area contributed by atoms with Gasteiger partial charge in [-0.2, -0.15) is 23.3 Å². The molecular weight excluding hydrogens is 443 g/mol. The Balaban J connectivity index is 2.07. The van der Waals surface area contributed by atoms with Crippen LogP contribution in [0.2, 0.25) is 5.02 Å². The van der Waals surface area contributed by atoms with Crippen LogP contribution in [-0.2, 0) is 16.7 Å². The van der Waals surface area contributed by atoms with E-state index < -0.39 is 17.5 Å². The summed E-state index contributed by atoms with van der Waals surface area (Å²) in [6.45, 7) is 2.90. The van der Waals surface area contributed by atoms with E-state index in [0.717, 1.165) is 38.0 Å². The summed E-state index contributed by atoms with van der Waals surface area (Å²) in [5.41, 5.74) is -2.08. The van der Waals surface area contributed by atoms with Crippen LogP contribution in [0.1, 0.15) is 42.1 Å². The van der Waals surface area contributed by atoms with Crippen LogP contribution >= 0.6 is 22.9 Å². The lowest BCUT2D eigenvalue weighted by Gasteiger charge is -2.24. The Morgan fingerprint density at radius 2 is 2.17 bits per heavy atom. The van der Waals surface area contributed by atoms with Gasteiger partial charge in [0.15, 0.2) is 0 Å². The molecule has 1 fully saturated rings. The summed E-state index contributed by atoms with van der Waals surface area (Å²) in [4.78, 5) is 16.9. The molecule has 0 saturated carbocycles. The van der Waals surface area contributed by atoms with Gasteiger partial charge in [0, 0.05) is 11.6 Å². The van der Waals surface area contributed by atoms with E-state index in [1.165, 1.54) is 23.9 Å². The SMILES string of the molecule is COc1ccc(Cl)cc1C(=O)/N=c1\sc(C(C)(C)C(F)(F)F)nn1C[C@H]1CCCO1. The van der Waals surface area contributed by atoms with Gasteiger partial charge in [0.25, 0.3) is 5.91 Å². The Hall–Kier alpha value is -1.91. The second-order valence-electron chi connectivity index (χ2n) is 7.39. The van der Waals surface area contributed by atoms with E-state index in [9.17, 15) is 18.0 Å². The van der Waals surface area contributed by atoms with Gasteiger partial charge in [0.1, 0.15) is 16.2 Å². The van der Waals surface area contributed by atoms with Crippen molar-refractivity contribution in [1.29, 1.82) is 0 Å². The van der Waals surface area contributed by atoms with Crippen LogP contribution in [0, 0.1) is 0 Å². The number of hydrogen-bond donors (Lipinski definition) is 0. The lowest BCUT2D eigenvalue weighted by atomic mass is 9.94. The lowest BCUT2D eigenvalue weighted by molar-refractivity contribution is -0.180. The molecule has 0 radical (unpaired) electrons. The summed E-state index contributed by atoms with van der Waals surface area (Å²) in [6.07, 6.45) is -3.08. The molecular formula is C19H21ClF3N3O3S. The molecule has 1 aliphatic rings. The maximum Gasteiger partial charge on any atom is 0.400 e. The number of carbonyl (C=O) groups is 1. The number of rotatable bonds is 5. The van der Waals surface area contributed by atoms with E-state index in [4.69, 9.17) is 21.1 Å². The Labute approximate surface area is 180 Å². The number of amides is 1. The van der Waals surface area contributed by atoms with Crippen molar-refractivity contribution in [2.45, 2.75) is 50.9 Å². The van der Waals surface area contributed by atoms with Gasteiger partial charge in [-0.3, -0.25) is 4.79 Å². The summed E-state index contributed by atoms with van der Waals surface area (Å²) >= 11 is 6.71. The molecule has 1 atom stereocenters. The third kappa shape index (κ3) is 4.70. The predicted molar refractivity (Wildman–Crippen MR) is 106 cm³/mol. The molecule has 30 heavy (non-hydrogen) atoms.